The van der Waals surface area contributed by atoms with Crippen LogP contribution >= 0.6 is 11.8 Å². The molecule has 0 spiro atoms. The second kappa shape index (κ2) is 8.35. The van der Waals surface area contributed by atoms with Crippen molar-refractivity contribution in [1.82, 2.24) is 19.7 Å². The number of aryl methyl sites for hydroxylation is 1. The lowest BCUT2D eigenvalue weighted by atomic mass is 10.2. The van der Waals surface area contributed by atoms with Gasteiger partial charge < -0.3 is 4.90 Å². The Balaban J connectivity index is 1.31. The highest BCUT2D eigenvalue weighted by Gasteiger charge is 2.31. The van der Waals surface area contributed by atoms with Crippen molar-refractivity contribution in [2.24, 2.45) is 0 Å². The summed E-state index contributed by atoms with van der Waals surface area (Å²) < 4.78 is 39.6. The van der Waals surface area contributed by atoms with Crippen LogP contribution < -0.4 is 10.5 Å². The van der Waals surface area contributed by atoms with E-state index in [4.69, 9.17) is 0 Å². The average Bonchev–Trinajstić information content (AvgIpc) is 2.72. The smallest absolute Gasteiger partial charge is 0.354 e. The molecular weight excluding hydrogens is 403 g/mol. The van der Waals surface area contributed by atoms with Gasteiger partial charge in [-0.15, -0.1) is 0 Å². The van der Waals surface area contributed by atoms with E-state index in [1.54, 1.807) is 10.7 Å². The molecule has 2 aromatic heterocycles. The second-order valence-electron chi connectivity index (χ2n) is 7.21. The van der Waals surface area contributed by atoms with Crippen LogP contribution in [-0.2, 0) is 24.9 Å². The van der Waals surface area contributed by atoms with E-state index in [9.17, 15) is 18.0 Å². The Morgan fingerprint density at radius 2 is 1.90 bits per heavy atom. The van der Waals surface area contributed by atoms with Crippen molar-refractivity contribution in [3.63, 3.8) is 0 Å². The molecule has 2 aliphatic rings. The minimum absolute atomic E-state index is 0.0566. The van der Waals surface area contributed by atoms with Gasteiger partial charge in [0.1, 0.15) is 5.82 Å². The molecule has 2 aromatic rings. The molecule has 29 heavy (non-hydrogen) atoms. The average molecular weight is 425 g/mol. The zero-order valence-electron chi connectivity index (χ0n) is 15.9. The number of alkyl halides is 3. The molecule has 1 saturated heterocycles. The first-order valence-electron chi connectivity index (χ1n) is 9.58. The van der Waals surface area contributed by atoms with Crippen LogP contribution in [0.5, 0.6) is 0 Å². The van der Waals surface area contributed by atoms with Gasteiger partial charge in [-0.2, -0.15) is 30.0 Å². The molecule has 2 aliphatic heterocycles. The zero-order valence-corrected chi connectivity index (χ0v) is 16.7. The molecule has 0 bridgehead atoms. The molecule has 0 amide bonds. The summed E-state index contributed by atoms with van der Waals surface area (Å²) in [5.74, 6) is 2.46. The van der Waals surface area contributed by atoms with Crippen LogP contribution in [0, 0.1) is 0 Å². The number of nitrogens with zero attached hydrogens (tertiary/aromatic N) is 5. The van der Waals surface area contributed by atoms with E-state index in [1.165, 1.54) is 6.07 Å². The molecular formula is C19H22F3N5OS. The van der Waals surface area contributed by atoms with Crippen molar-refractivity contribution in [2.45, 2.75) is 24.9 Å². The Morgan fingerprint density at radius 3 is 2.59 bits per heavy atom. The molecule has 0 aliphatic carbocycles. The fraction of sp³-hybridized carbons (Fsp3) is 0.526. The van der Waals surface area contributed by atoms with E-state index in [1.807, 2.05) is 16.7 Å². The van der Waals surface area contributed by atoms with Gasteiger partial charge in [-0.25, -0.2) is 9.67 Å². The van der Waals surface area contributed by atoms with Crippen LogP contribution in [0.3, 0.4) is 0 Å². The first-order chi connectivity index (χ1) is 13.9. The van der Waals surface area contributed by atoms with E-state index < -0.39 is 11.7 Å². The Bertz CT molecular complexity index is 908. The summed E-state index contributed by atoms with van der Waals surface area (Å²) >= 11 is 1.83. The molecule has 0 saturated carbocycles. The first-order valence-corrected chi connectivity index (χ1v) is 10.7. The SMILES string of the molecule is O=c1cc2c(nn1CCN1CCN(c3ccc(C(F)(F)F)cn3)CC1)CCSC2. The Labute approximate surface area is 170 Å². The quantitative estimate of drug-likeness (QED) is 0.749. The van der Waals surface area contributed by atoms with Crippen LogP contribution in [0.2, 0.25) is 0 Å². The van der Waals surface area contributed by atoms with Gasteiger partial charge >= 0.3 is 6.18 Å². The number of aromatic nitrogens is 3. The van der Waals surface area contributed by atoms with Gasteiger partial charge in [-0.3, -0.25) is 9.69 Å². The lowest BCUT2D eigenvalue weighted by Gasteiger charge is -2.35. The molecule has 0 aromatic carbocycles. The highest BCUT2D eigenvalue weighted by Crippen LogP contribution is 2.29. The van der Waals surface area contributed by atoms with Crippen molar-refractivity contribution in [2.75, 3.05) is 43.4 Å². The van der Waals surface area contributed by atoms with E-state index in [0.29, 0.717) is 32.0 Å². The van der Waals surface area contributed by atoms with Gasteiger partial charge in [0.05, 0.1) is 17.8 Å². The third kappa shape index (κ3) is 4.75. The number of thioether (sulfide) groups is 1. The summed E-state index contributed by atoms with van der Waals surface area (Å²) in [6.45, 7) is 4.15. The number of hydrogen-bond donors (Lipinski definition) is 0. The fourth-order valence-corrected chi connectivity index (χ4v) is 4.54. The number of piperazine rings is 1. The number of rotatable bonds is 4. The Kier molecular flexibility index (Phi) is 5.82. The summed E-state index contributed by atoms with van der Waals surface area (Å²) in [6, 6.07) is 4.21. The van der Waals surface area contributed by atoms with Gasteiger partial charge in [0.15, 0.2) is 0 Å². The summed E-state index contributed by atoms with van der Waals surface area (Å²) in [5, 5.41) is 4.54. The first kappa shape index (κ1) is 20.2. The Morgan fingerprint density at radius 1 is 1.10 bits per heavy atom. The molecule has 6 nitrogen and oxygen atoms in total. The number of pyridine rings is 1. The third-order valence-corrected chi connectivity index (χ3v) is 6.31. The van der Waals surface area contributed by atoms with Crippen molar-refractivity contribution in [3.8, 4) is 0 Å². The monoisotopic (exact) mass is 425 g/mol. The molecule has 0 radical (unpaired) electrons. The molecule has 4 heterocycles. The van der Waals surface area contributed by atoms with Crippen molar-refractivity contribution in [1.29, 1.82) is 0 Å². The molecule has 156 valence electrons. The molecule has 1 fully saturated rings. The summed E-state index contributed by atoms with van der Waals surface area (Å²) in [6.07, 6.45) is -2.58. The molecule has 0 N–H and O–H groups in total. The van der Waals surface area contributed by atoms with Gasteiger partial charge in [0, 0.05) is 57.2 Å². The number of fused-ring (bicyclic) bond motifs is 1. The van der Waals surface area contributed by atoms with Crippen molar-refractivity contribution >= 4 is 17.6 Å². The zero-order chi connectivity index (χ0) is 20.4. The minimum atomic E-state index is -4.37. The summed E-state index contributed by atoms with van der Waals surface area (Å²) in [7, 11) is 0. The maximum Gasteiger partial charge on any atom is 0.417 e. The van der Waals surface area contributed by atoms with Crippen LogP contribution in [0.1, 0.15) is 16.8 Å². The Hall–Kier alpha value is -2.07. The van der Waals surface area contributed by atoms with Crippen molar-refractivity contribution in [3.05, 3.63) is 51.6 Å². The van der Waals surface area contributed by atoms with Gasteiger partial charge in [0.2, 0.25) is 0 Å². The van der Waals surface area contributed by atoms with E-state index >= 15 is 0 Å². The second-order valence-corrected chi connectivity index (χ2v) is 8.32. The lowest BCUT2D eigenvalue weighted by molar-refractivity contribution is -0.137. The van der Waals surface area contributed by atoms with E-state index in [2.05, 4.69) is 15.0 Å². The van der Waals surface area contributed by atoms with E-state index in [0.717, 1.165) is 54.5 Å². The topological polar surface area (TPSA) is 54.3 Å². The standard InChI is InChI=1S/C19H22F3N5OS/c20-19(21,22)15-1-2-17(23-12-15)26-7-4-25(5-8-26)6-9-27-18(28)11-14-13-29-10-3-16(14)24-27/h1-2,11-12H,3-10,13H2. The summed E-state index contributed by atoms with van der Waals surface area (Å²) in [5.41, 5.74) is 1.29. The lowest BCUT2D eigenvalue weighted by Crippen LogP contribution is -2.48. The van der Waals surface area contributed by atoms with Crippen LogP contribution in [-0.4, -0.2) is 58.1 Å². The fourth-order valence-electron chi connectivity index (χ4n) is 3.59. The van der Waals surface area contributed by atoms with Gasteiger partial charge in [-0.1, -0.05) is 0 Å². The van der Waals surface area contributed by atoms with Crippen molar-refractivity contribution < 1.29 is 13.2 Å². The highest BCUT2D eigenvalue weighted by atomic mass is 32.2. The molecule has 10 heteroatoms. The number of halogens is 3. The number of anilines is 1. The normalized spacial score (nSPS) is 18.0. The predicted octanol–water partition coefficient (Wildman–Crippen LogP) is 2.27. The van der Waals surface area contributed by atoms with Crippen LogP contribution in [0.4, 0.5) is 19.0 Å². The van der Waals surface area contributed by atoms with Crippen LogP contribution in [0.25, 0.3) is 0 Å². The highest BCUT2D eigenvalue weighted by molar-refractivity contribution is 7.98. The number of hydrogen-bond acceptors (Lipinski definition) is 6. The van der Waals surface area contributed by atoms with Crippen LogP contribution in [0.15, 0.2) is 29.2 Å². The largest absolute Gasteiger partial charge is 0.417 e. The molecule has 4 rings (SSSR count). The molecule has 0 unspecified atom stereocenters. The minimum Gasteiger partial charge on any atom is -0.354 e. The molecule has 0 atom stereocenters. The van der Waals surface area contributed by atoms with Gasteiger partial charge in [-0.05, 0) is 23.4 Å². The maximum atomic E-state index is 12.7. The van der Waals surface area contributed by atoms with Gasteiger partial charge in [0.25, 0.3) is 5.56 Å². The third-order valence-electron chi connectivity index (χ3n) is 5.30. The maximum absolute atomic E-state index is 12.7. The van der Waals surface area contributed by atoms with E-state index in [-0.39, 0.29) is 5.56 Å². The predicted molar refractivity (Wildman–Crippen MR) is 106 cm³/mol. The summed E-state index contributed by atoms with van der Waals surface area (Å²) in [4.78, 5) is 20.5.